The second-order valence-corrected chi connectivity index (χ2v) is 3.79. The van der Waals surface area contributed by atoms with Gasteiger partial charge in [0, 0.05) is 0 Å². The van der Waals surface area contributed by atoms with E-state index in [2.05, 4.69) is 15.8 Å². The highest BCUT2D eigenvalue weighted by atomic mass is 15.8. The zero-order valence-corrected chi connectivity index (χ0v) is 9.19. The van der Waals surface area contributed by atoms with Gasteiger partial charge < -0.3 is 0 Å². The Labute approximate surface area is 99.5 Å². The van der Waals surface area contributed by atoms with Crippen LogP contribution in [0.15, 0.2) is 71.0 Å². The van der Waals surface area contributed by atoms with Gasteiger partial charge in [-0.3, -0.25) is 0 Å². The highest BCUT2D eigenvalue weighted by Crippen LogP contribution is 2.23. The van der Waals surface area contributed by atoms with Crippen LogP contribution < -0.4 is 10.5 Å². The molecule has 0 aromatic heterocycles. The maximum Gasteiger partial charge on any atom is 0.166 e. The van der Waals surface area contributed by atoms with Gasteiger partial charge >= 0.3 is 0 Å². The molecule has 1 aliphatic heterocycles. The van der Waals surface area contributed by atoms with Gasteiger partial charge in [-0.15, -0.1) is 5.11 Å². The quantitative estimate of drug-likeness (QED) is 0.851. The molecule has 0 aliphatic carbocycles. The number of anilines is 1. The monoisotopic (exact) mass is 224 g/mol. The lowest BCUT2D eigenvalue weighted by Gasteiger charge is -2.14. The maximum atomic E-state index is 4.20. The minimum Gasteiger partial charge on any atom is -0.181 e. The van der Waals surface area contributed by atoms with Crippen LogP contribution in [0.1, 0.15) is 11.7 Å². The van der Waals surface area contributed by atoms with Gasteiger partial charge in [0.1, 0.15) is 0 Å². The lowest BCUT2D eigenvalue weighted by atomic mass is 10.2. The minimum absolute atomic E-state index is 0.101. The fraction of sp³-hybridized carbons (Fsp3) is 0.0769. The Morgan fingerprint density at radius 2 is 1.53 bits per heavy atom. The van der Waals surface area contributed by atoms with E-state index in [4.69, 9.17) is 0 Å². The van der Waals surface area contributed by atoms with E-state index < -0.39 is 0 Å². The number of hydrogen-bond donors (Lipinski definition) is 1. The summed E-state index contributed by atoms with van der Waals surface area (Å²) in [6, 6.07) is 19.9. The van der Waals surface area contributed by atoms with Gasteiger partial charge in [0.05, 0.1) is 5.69 Å². The normalized spacial score (nSPS) is 18.6. The molecule has 0 spiro atoms. The highest BCUT2D eigenvalue weighted by Gasteiger charge is 2.20. The Balaban J connectivity index is 1.78. The largest absolute Gasteiger partial charge is 0.181 e. The van der Waals surface area contributed by atoms with Gasteiger partial charge in [-0.2, -0.15) is 10.5 Å². The van der Waals surface area contributed by atoms with Crippen LogP contribution in [0.25, 0.3) is 0 Å². The van der Waals surface area contributed by atoms with E-state index in [-0.39, 0.29) is 6.17 Å². The standard InChI is InChI=1S/C13H12N4/c1-3-7-11(8-4-1)13-14-16-17(15-13)12-9-5-2-6-10-12/h1-10,13,15H. The molecule has 84 valence electrons. The molecular formula is C13H12N4. The van der Waals surface area contributed by atoms with E-state index in [0.29, 0.717) is 0 Å². The molecule has 4 nitrogen and oxygen atoms in total. The van der Waals surface area contributed by atoms with Crippen molar-refractivity contribution in [2.24, 2.45) is 10.3 Å². The van der Waals surface area contributed by atoms with Crippen molar-refractivity contribution in [2.45, 2.75) is 6.17 Å². The predicted molar refractivity (Wildman–Crippen MR) is 66.1 cm³/mol. The summed E-state index contributed by atoms with van der Waals surface area (Å²) >= 11 is 0. The predicted octanol–water partition coefficient (Wildman–Crippen LogP) is 3.08. The number of rotatable bonds is 2. The molecule has 1 atom stereocenters. The Hall–Kier alpha value is -2.20. The number of nitrogens with one attached hydrogen (secondary N) is 1. The first-order valence-electron chi connectivity index (χ1n) is 5.50. The van der Waals surface area contributed by atoms with Crippen LogP contribution in [0.5, 0.6) is 0 Å². The first kappa shape index (κ1) is 9.99. The maximum absolute atomic E-state index is 4.20. The van der Waals surface area contributed by atoms with Crippen LogP contribution >= 0.6 is 0 Å². The van der Waals surface area contributed by atoms with E-state index in [0.717, 1.165) is 11.3 Å². The summed E-state index contributed by atoms with van der Waals surface area (Å²) in [4.78, 5) is 0. The fourth-order valence-corrected chi connectivity index (χ4v) is 1.74. The summed E-state index contributed by atoms with van der Waals surface area (Å²) in [6.07, 6.45) is -0.101. The van der Waals surface area contributed by atoms with Crippen LogP contribution in [-0.2, 0) is 0 Å². The summed E-state index contributed by atoms with van der Waals surface area (Å²) in [6.45, 7) is 0. The van der Waals surface area contributed by atoms with Crippen molar-refractivity contribution >= 4 is 5.69 Å². The molecule has 0 bridgehead atoms. The van der Waals surface area contributed by atoms with Gasteiger partial charge in [-0.1, -0.05) is 53.8 Å². The molecular weight excluding hydrogens is 212 g/mol. The van der Waals surface area contributed by atoms with E-state index >= 15 is 0 Å². The molecule has 2 aromatic carbocycles. The highest BCUT2D eigenvalue weighted by molar-refractivity contribution is 5.44. The summed E-state index contributed by atoms with van der Waals surface area (Å²) in [5.41, 5.74) is 5.31. The summed E-state index contributed by atoms with van der Waals surface area (Å²) < 4.78 is 0. The average molecular weight is 224 g/mol. The zero-order chi connectivity index (χ0) is 11.5. The van der Waals surface area contributed by atoms with Crippen molar-refractivity contribution < 1.29 is 0 Å². The molecule has 0 saturated carbocycles. The minimum atomic E-state index is -0.101. The third kappa shape index (κ3) is 2.03. The van der Waals surface area contributed by atoms with Gasteiger partial charge in [0.25, 0.3) is 0 Å². The third-order valence-electron chi connectivity index (χ3n) is 2.62. The topological polar surface area (TPSA) is 40.0 Å². The number of benzene rings is 2. The second kappa shape index (κ2) is 4.35. The van der Waals surface area contributed by atoms with Crippen molar-refractivity contribution in [3.63, 3.8) is 0 Å². The first-order chi connectivity index (χ1) is 8.43. The van der Waals surface area contributed by atoms with Crippen molar-refractivity contribution in [3.05, 3.63) is 66.2 Å². The molecule has 0 amide bonds. The molecule has 4 heteroatoms. The lowest BCUT2D eigenvalue weighted by Crippen LogP contribution is -2.30. The Morgan fingerprint density at radius 3 is 2.24 bits per heavy atom. The van der Waals surface area contributed by atoms with Crippen LogP contribution in [0.4, 0.5) is 5.69 Å². The van der Waals surface area contributed by atoms with Gasteiger partial charge in [0.2, 0.25) is 0 Å². The molecule has 0 fully saturated rings. The number of hydrogen-bond acceptors (Lipinski definition) is 4. The number of hydrazine groups is 1. The Kier molecular flexibility index (Phi) is 2.55. The SMILES string of the molecule is c1ccc(C2N=NN(c3ccccc3)N2)cc1. The van der Waals surface area contributed by atoms with Crippen molar-refractivity contribution in [1.29, 1.82) is 0 Å². The fourth-order valence-electron chi connectivity index (χ4n) is 1.74. The van der Waals surface area contributed by atoms with Gasteiger partial charge in [0.15, 0.2) is 6.17 Å². The summed E-state index contributed by atoms with van der Waals surface area (Å²) in [7, 11) is 0. The van der Waals surface area contributed by atoms with E-state index in [1.165, 1.54) is 0 Å². The smallest absolute Gasteiger partial charge is 0.166 e. The molecule has 1 unspecified atom stereocenters. The van der Waals surface area contributed by atoms with Crippen molar-refractivity contribution in [3.8, 4) is 0 Å². The number of para-hydroxylation sites is 1. The molecule has 1 N–H and O–H groups in total. The zero-order valence-electron chi connectivity index (χ0n) is 9.19. The molecule has 0 saturated heterocycles. The lowest BCUT2D eigenvalue weighted by molar-refractivity contribution is 0.611. The van der Waals surface area contributed by atoms with Crippen LogP contribution in [0, 0.1) is 0 Å². The van der Waals surface area contributed by atoms with Gasteiger partial charge in [-0.25, -0.2) is 0 Å². The molecule has 2 aromatic rings. The summed E-state index contributed by atoms with van der Waals surface area (Å²) in [5, 5.41) is 10.0. The van der Waals surface area contributed by atoms with Crippen LogP contribution in [0.2, 0.25) is 0 Å². The second-order valence-electron chi connectivity index (χ2n) is 3.79. The van der Waals surface area contributed by atoms with E-state index in [1.54, 1.807) is 5.12 Å². The van der Waals surface area contributed by atoms with Crippen molar-refractivity contribution in [2.75, 3.05) is 5.12 Å². The molecule has 3 rings (SSSR count). The van der Waals surface area contributed by atoms with Gasteiger partial charge in [-0.05, 0) is 17.7 Å². The Morgan fingerprint density at radius 1 is 0.882 bits per heavy atom. The van der Waals surface area contributed by atoms with Crippen LogP contribution in [0.3, 0.4) is 0 Å². The van der Waals surface area contributed by atoms with Crippen LogP contribution in [-0.4, -0.2) is 0 Å². The third-order valence-corrected chi connectivity index (χ3v) is 2.62. The van der Waals surface area contributed by atoms with E-state index in [9.17, 15) is 0 Å². The summed E-state index contributed by atoms with van der Waals surface area (Å²) in [5.74, 6) is 0. The molecule has 1 aliphatic rings. The number of nitrogens with zero attached hydrogens (tertiary/aromatic N) is 3. The molecule has 1 heterocycles. The molecule has 17 heavy (non-hydrogen) atoms. The van der Waals surface area contributed by atoms with Crippen molar-refractivity contribution in [1.82, 2.24) is 5.43 Å². The Bertz CT molecular complexity index is 462. The molecule has 0 radical (unpaired) electrons. The average Bonchev–Trinajstić information content (AvgIpc) is 2.90. The van der Waals surface area contributed by atoms with E-state index in [1.807, 2.05) is 60.7 Å². The first-order valence-corrected chi connectivity index (χ1v) is 5.50.